The van der Waals surface area contributed by atoms with Gasteiger partial charge in [0.2, 0.25) is 5.78 Å². The third-order valence-electron chi connectivity index (χ3n) is 3.44. The van der Waals surface area contributed by atoms with Crippen LogP contribution in [0.2, 0.25) is 0 Å². The van der Waals surface area contributed by atoms with Crippen LogP contribution in [0.3, 0.4) is 0 Å². The van der Waals surface area contributed by atoms with Gasteiger partial charge in [-0.1, -0.05) is 16.9 Å². The lowest BCUT2D eigenvalue weighted by molar-refractivity contribution is -0.140. The highest BCUT2D eigenvalue weighted by atomic mass is 32.2. The molecule has 0 aliphatic carbocycles. The lowest BCUT2D eigenvalue weighted by Gasteiger charge is -2.08. The van der Waals surface area contributed by atoms with Crippen LogP contribution in [0.15, 0.2) is 57.4 Å². The summed E-state index contributed by atoms with van der Waals surface area (Å²) in [5.74, 6) is -3.51. The molecule has 0 aliphatic rings. The van der Waals surface area contributed by atoms with E-state index in [-0.39, 0.29) is 16.8 Å². The van der Waals surface area contributed by atoms with E-state index < -0.39 is 23.7 Å². The second-order valence-electron chi connectivity index (χ2n) is 5.54. The molecule has 0 unspecified atom stereocenters. The van der Waals surface area contributed by atoms with Crippen LogP contribution in [-0.2, 0) is 9.63 Å². The Balaban J connectivity index is 2.22. The number of carbonyl (C=O) groups excluding carboxylic acids is 2. The number of hydrogen-bond acceptors (Lipinski definition) is 7. The Kier molecular flexibility index (Phi) is 6.67. The number of benzene rings is 2. The van der Waals surface area contributed by atoms with Gasteiger partial charge in [0.1, 0.15) is 5.71 Å². The quantitative estimate of drug-likeness (QED) is 0.313. The number of rotatable bonds is 7. The van der Waals surface area contributed by atoms with Crippen LogP contribution in [0.4, 0.5) is 0 Å². The van der Waals surface area contributed by atoms with Crippen molar-refractivity contribution in [2.24, 2.45) is 5.16 Å². The average Bonchev–Trinajstić information content (AvgIpc) is 2.66. The number of carboxylic acid groups (broad SMARTS) is 2. The smallest absolute Gasteiger partial charge is 0.336 e. The predicted molar refractivity (Wildman–Crippen MR) is 100 cm³/mol. The van der Waals surface area contributed by atoms with E-state index in [9.17, 15) is 24.3 Å². The van der Waals surface area contributed by atoms with Gasteiger partial charge in [-0.25, -0.2) is 14.4 Å². The molecule has 0 saturated carbocycles. The minimum absolute atomic E-state index is 0.00743. The maximum Gasteiger partial charge on any atom is 0.336 e. The molecular formula is C19H15NO7S. The van der Waals surface area contributed by atoms with Crippen LogP contribution in [0, 0.1) is 0 Å². The van der Waals surface area contributed by atoms with E-state index >= 15 is 0 Å². The summed E-state index contributed by atoms with van der Waals surface area (Å²) in [5.41, 5.74) is 0.0742. The summed E-state index contributed by atoms with van der Waals surface area (Å²) in [6, 6.07) is 10.1. The van der Waals surface area contributed by atoms with Crippen molar-refractivity contribution >= 4 is 41.2 Å². The van der Waals surface area contributed by atoms with Gasteiger partial charge in [-0.2, -0.15) is 0 Å². The summed E-state index contributed by atoms with van der Waals surface area (Å²) in [5, 5.41) is 21.8. The normalized spacial score (nSPS) is 11.0. The predicted octanol–water partition coefficient (Wildman–Crippen LogP) is 3.36. The van der Waals surface area contributed by atoms with Crippen molar-refractivity contribution in [2.45, 2.75) is 23.6 Å². The zero-order chi connectivity index (χ0) is 20.8. The lowest BCUT2D eigenvalue weighted by atomic mass is 10.1. The summed E-state index contributed by atoms with van der Waals surface area (Å²) in [6.07, 6.45) is 0. The molecule has 0 bridgehead atoms. The van der Waals surface area contributed by atoms with Crippen LogP contribution < -0.4 is 0 Å². The summed E-state index contributed by atoms with van der Waals surface area (Å²) in [6.45, 7) is 2.58. The molecule has 2 N–H and O–H groups in total. The summed E-state index contributed by atoms with van der Waals surface area (Å²) < 4.78 is 0. The Morgan fingerprint density at radius 2 is 1.50 bits per heavy atom. The van der Waals surface area contributed by atoms with Gasteiger partial charge in [0, 0.05) is 22.3 Å². The Bertz CT molecular complexity index is 980. The molecule has 0 amide bonds. The fraction of sp³-hybridized carbons (Fsp3) is 0.105. The minimum atomic E-state index is -1.24. The van der Waals surface area contributed by atoms with Crippen LogP contribution in [0.1, 0.15) is 44.9 Å². The molecule has 144 valence electrons. The number of aromatic carboxylic acids is 2. The van der Waals surface area contributed by atoms with Gasteiger partial charge in [0.15, 0.2) is 0 Å². The largest absolute Gasteiger partial charge is 0.478 e. The molecule has 0 aromatic heterocycles. The number of nitrogens with zero attached hydrogens (tertiary/aromatic N) is 1. The topological polar surface area (TPSA) is 130 Å². The molecule has 0 saturated heterocycles. The van der Waals surface area contributed by atoms with Crippen LogP contribution >= 0.6 is 11.8 Å². The molecule has 2 rings (SSSR count). The molecule has 2 aromatic carbocycles. The van der Waals surface area contributed by atoms with E-state index in [1.165, 1.54) is 38.1 Å². The average molecular weight is 401 g/mol. The molecule has 0 aliphatic heterocycles. The van der Waals surface area contributed by atoms with Gasteiger partial charge >= 0.3 is 17.9 Å². The van der Waals surface area contributed by atoms with Crippen molar-refractivity contribution in [1.29, 1.82) is 0 Å². The first-order valence-electron chi connectivity index (χ1n) is 7.84. The molecule has 0 fully saturated rings. The van der Waals surface area contributed by atoms with Crippen molar-refractivity contribution in [2.75, 3.05) is 0 Å². The number of carboxylic acids is 2. The molecule has 2 aromatic rings. The van der Waals surface area contributed by atoms with Crippen molar-refractivity contribution in [1.82, 2.24) is 0 Å². The van der Waals surface area contributed by atoms with E-state index in [0.29, 0.717) is 15.4 Å². The van der Waals surface area contributed by atoms with E-state index in [1.807, 2.05) is 0 Å². The van der Waals surface area contributed by atoms with Gasteiger partial charge in [-0.05, 0) is 49.4 Å². The van der Waals surface area contributed by atoms with Gasteiger partial charge in [-0.15, -0.1) is 0 Å². The maximum absolute atomic E-state index is 12.2. The first kappa shape index (κ1) is 20.8. The van der Waals surface area contributed by atoms with Crippen molar-refractivity contribution in [3.8, 4) is 0 Å². The van der Waals surface area contributed by atoms with E-state index in [1.54, 1.807) is 12.1 Å². The SMILES string of the molecule is CC(=O)O/N=C(\C)C(=O)c1ccc(Sc2ccc(C(=O)O)cc2C(=O)O)cc1. The van der Waals surface area contributed by atoms with Gasteiger partial charge in [0.05, 0.1) is 11.1 Å². The third kappa shape index (κ3) is 5.27. The fourth-order valence-electron chi connectivity index (χ4n) is 2.10. The monoisotopic (exact) mass is 401 g/mol. The van der Waals surface area contributed by atoms with Crippen LogP contribution in [-0.4, -0.2) is 39.6 Å². The molecule has 0 atom stereocenters. The summed E-state index contributed by atoms with van der Waals surface area (Å²) >= 11 is 1.12. The first-order chi connectivity index (χ1) is 13.2. The van der Waals surface area contributed by atoms with Crippen molar-refractivity contribution in [3.63, 3.8) is 0 Å². The minimum Gasteiger partial charge on any atom is -0.478 e. The Hall–Kier alpha value is -3.46. The molecule has 28 heavy (non-hydrogen) atoms. The number of carbonyl (C=O) groups is 4. The molecule has 0 spiro atoms. The van der Waals surface area contributed by atoms with Gasteiger partial charge < -0.3 is 15.1 Å². The standard InChI is InChI=1S/C19H15NO7S/c1-10(20-27-11(2)21)17(22)12-3-6-14(7-4-12)28-16-8-5-13(18(23)24)9-15(16)19(25)26/h3-9H,1-2H3,(H,23,24)(H,25,26)/b20-10+. The highest BCUT2D eigenvalue weighted by molar-refractivity contribution is 7.99. The van der Waals surface area contributed by atoms with Crippen molar-refractivity contribution in [3.05, 3.63) is 59.2 Å². The summed E-state index contributed by atoms with van der Waals surface area (Å²) in [7, 11) is 0. The molecular weight excluding hydrogens is 386 g/mol. The van der Waals surface area contributed by atoms with E-state index in [0.717, 1.165) is 17.8 Å². The van der Waals surface area contributed by atoms with E-state index in [2.05, 4.69) is 9.99 Å². The highest BCUT2D eigenvalue weighted by Gasteiger charge is 2.16. The van der Waals surface area contributed by atoms with E-state index in [4.69, 9.17) is 5.11 Å². The van der Waals surface area contributed by atoms with Crippen LogP contribution in [0.5, 0.6) is 0 Å². The second kappa shape index (κ2) is 8.96. The Morgan fingerprint density at radius 1 is 0.893 bits per heavy atom. The third-order valence-corrected chi connectivity index (χ3v) is 4.52. The highest BCUT2D eigenvalue weighted by Crippen LogP contribution is 2.31. The Morgan fingerprint density at radius 3 is 2.04 bits per heavy atom. The number of ketones is 1. The number of Topliss-reactive ketones (excluding diaryl/α,β-unsaturated/α-hetero) is 1. The molecule has 9 heteroatoms. The zero-order valence-electron chi connectivity index (χ0n) is 14.8. The molecule has 0 heterocycles. The van der Waals surface area contributed by atoms with Gasteiger partial charge in [-0.3, -0.25) is 4.79 Å². The van der Waals surface area contributed by atoms with Crippen LogP contribution in [0.25, 0.3) is 0 Å². The fourth-order valence-corrected chi connectivity index (χ4v) is 3.02. The van der Waals surface area contributed by atoms with Gasteiger partial charge in [0.25, 0.3) is 0 Å². The summed E-state index contributed by atoms with van der Waals surface area (Å²) in [4.78, 5) is 50.8. The van der Waals surface area contributed by atoms with Crippen molar-refractivity contribution < 1.29 is 34.2 Å². The lowest BCUT2D eigenvalue weighted by Crippen LogP contribution is -2.11. The molecule has 0 radical (unpaired) electrons. The zero-order valence-corrected chi connectivity index (χ0v) is 15.6. The second-order valence-corrected chi connectivity index (χ2v) is 6.65. The molecule has 8 nitrogen and oxygen atoms in total. The maximum atomic E-state index is 12.2. The first-order valence-corrected chi connectivity index (χ1v) is 8.66. The number of oxime groups is 1. The number of hydrogen-bond donors (Lipinski definition) is 2. The Labute approximate surface area is 163 Å².